The zero-order chi connectivity index (χ0) is 21.9. The van der Waals surface area contributed by atoms with Gasteiger partial charge in [0.1, 0.15) is 0 Å². The normalized spacial score (nSPS) is 17.2. The average molecular weight is 445 g/mol. The number of rotatable bonds is 5. The van der Waals surface area contributed by atoms with Crippen molar-refractivity contribution in [3.05, 3.63) is 88.4 Å². The van der Waals surface area contributed by atoms with Gasteiger partial charge in [0.2, 0.25) is 5.91 Å². The fourth-order valence-corrected chi connectivity index (χ4v) is 5.02. The van der Waals surface area contributed by atoms with Crippen LogP contribution in [0.25, 0.3) is 11.0 Å². The van der Waals surface area contributed by atoms with Crippen molar-refractivity contribution in [3.8, 4) is 0 Å². The second kappa shape index (κ2) is 8.96. The molecule has 0 aliphatic carbocycles. The number of carbonyl (C=O) groups is 2. The minimum absolute atomic E-state index is 0.0156. The van der Waals surface area contributed by atoms with Crippen molar-refractivity contribution < 1.29 is 9.59 Å². The first-order chi connectivity index (χ1) is 15.7. The number of benzene rings is 2. The minimum Gasteiger partial charge on any atom is -0.345 e. The Balaban J connectivity index is 1.37. The van der Waals surface area contributed by atoms with Crippen molar-refractivity contribution in [2.75, 3.05) is 13.1 Å². The van der Waals surface area contributed by atoms with Gasteiger partial charge in [0.25, 0.3) is 5.91 Å². The van der Waals surface area contributed by atoms with Crippen molar-refractivity contribution >= 4 is 34.2 Å². The number of H-pyrrole nitrogens is 1. The van der Waals surface area contributed by atoms with E-state index < -0.39 is 0 Å². The third-order valence-electron chi connectivity index (χ3n) is 6.01. The van der Waals surface area contributed by atoms with Crippen LogP contribution in [-0.4, -0.2) is 39.8 Å². The maximum absolute atomic E-state index is 13.4. The summed E-state index contributed by atoms with van der Waals surface area (Å²) >= 11 is 1.44. The van der Waals surface area contributed by atoms with E-state index in [4.69, 9.17) is 0 Å². The van der Waals surface area contributed by atoms with Gasteiger partial charge in [0.05, 0.1) is 34.2 Å². The molecule has 0 saturated carbocycles. The van der Waals surface area contributed by atoms with Gasteiger partial charge in [0, 0.05) is 13.1 Å². The summed E-state index contributed by atoms with van der Waals surface area (Å²) in [5, 5.41) is 5.17. The lowest BCUT2D eigenvalue weighted by Gasteiger charge is -2.33. The molecule has 1 aliphatic heterocycles. The monoisotopic (exact) mass is 444 g/mol. The molecular formula is C25H24N4O2S. The number of carbonyl (C=O) groups excluding carboxylic acids is 2. The van der Waals surface area contributed by atoms with Crippen molar-refractivity contribution in [3.63, 3.8) is 0 Å². The van der Waals surface area contributed by atoms with Crippen LogP contribution < -0.4 is 5.32 Å². The lowest BCUT2D eigenvalue weighted by atomic mass is 9.94. The van der Waals surface area contributed by atoms with E-state index in [0.29, 0.717) is 13.1 Å². The molecule has 0 unspecified atom stereocenters. The third kappa shape index (κ3) is 4.16. The number of nitrogens with zero attached hydrogens (tertiary/aromatic N) is 2. The lowest BCUT2D eigenvalue weighted by molar-refractivity contribution is -0.126. The van der Waals surface area contributed by atoms with Crippen molar-refractivity contribution in [2.24, 2.45) is 5.92 Å². The summed E-state index contributed by atoms with van der Waals surface area (Å²) in [6.07, 6.45) is 3.28. The predicted octanol–water partition coefficient (Wildman–Crippen LogP) is 4.38. The number of fused-ring (bicyclic) bond motifs is 1. The number of hydrogen-bond acceptors (Lipinski definition) is 4. The topological polar surface area (TPSA) is 78.1 Å². The van der Waals surface area contributed by atoms with Crippen LogP contribution in [0, 0.1) is 5.92 Å². The van der Waals surface area contributed by atoms with Gasteiger partial charge in [-0.05, 0) is 47.5 Å². The second-order valence-corrected chi connectivity index (χ2v) is 9.05. The van der Waals surface area contributed by atoms with Crippen molar-refractivity contribution in [2.45, 2.75) is 18.9 Å². The number of imidazole rings is 1. The molecule has 2 aromatic carbocycles. The molecule has 7 heteroatoms. The smallest absolute Gasteiger partial charge is 0.263 e. The Morgan fingerprint density at radius 1 is 1.09 bits per heavy atom. The Morgan fingerprint density at radius 3 is 2.78 bits per heavy atom. The highest BCUT2D eigenvalue weighted by Gasteiger charge is 2.31. The first kappa shape index (κ1) is 20.5. The highest BCUT2D eigenvalue weighted by Crippen LogP contribution is 2.27. The lowest BCUT2D eigenvalue weighted by Crippen LogP contribution is -2.46. The molecule has 3 heterocycles. The van der Waals surface area contributed by atoms with Gasteiger partial charge in [-0.1, -0.05) is 42.5 Å². The number of likely N-dealkylation sites (tertiary alicyclic amines) is 1. The van der Waals surface area contributed by atoms with Crippen LogP contribution in [0.2, 0.25) is 0 Å². The van der Waals surface area contributed by atoms with E-state index in [1.165, 1.54) is 11.3 Å². The molecule has 2 atom stereocenters. The van der Waals surface area contributed by atoms with E-state index in [1.807, 2.05) is 70.9 Å². The van der Waals surface area contributed by atoms with Crippen LogP contribution in [-0.2, 0) is 4.79 Å². The molecule has 2 N–H and O–H groups in total. The van der Waals surface area contributed by atoms with E-state index in [1.54, 1.807) is 6.33 Å². The summed E-state index contributed by atoms with van der Waals surface area (Å²) in [5.41, 5.74) is 3.83. The molecule has 5 rings (SSSR count). The van der Waals surface area contributed by atoms with Gasteiger partial charge in [-0.15, -0.1) is 11.3 Å². The molecule has 6 nitrogen and oxygen atoms in total. The van der Waals surface area contributed by atoms with Gasteiger partial charge in [0.15, 0.2) is 0 Å². The van der Waals surface area contributed by atoms with Gasteiger partial charge >= 0.3 is 0 Å². The zero-order valence-electron chi connectivity index (χ0n) is 17.5. The number of thiophene rings is 1. The van der Waals surface area contributed by atoms with E-state index in [-0.39, 0.29) is 23.8 Å². The van der Waals surface area contributed by atoms with Crippen LogP contribution in [0.3, 0.4) is 0 Å². The van der Waals surface area contributed by atoms with Crippen LogP contribution in [0.5, 0.6) is 0 Å². The molecule has 4 aromatic rings. The van der Waals surface area contributed by atoms with Crippen LogP contribution >= 0.6 is 11.3 Å². The number of aromatic amines is 1. The van der Waals surface area contributed by atoms with E-state index in [9.17, 15) is 9.59 Å². The maximum Gasteiger partial charge on any atom is 0.263 e. The number of nitrogens with one attached hydrogen (secondary N) is 2. The summed E-state index contributed by atoms with van der Waals surface area (Å²) in [4.78, 5) is 36.1. The first-order valence-corrected chi connectivity index (χ1v) is 11.7. The van der Waals surface area contributed by atoms with E-state index >= 15 is 0 Å². The van der Waals surface area contributed by atoms with Gasteiger partial charge < -0.3 is 15.2 Å². The van der Waals surface area contributed by atoms with Crippen molar-refractivity contribution in [1.82, 2.24) is 20.2 Å². The maximum atomic E-state index is 13.4. The standard InChI is InChI=1S/C25H24N4O2S/c30-24(19-8-4-12-29(15-19)25(31)22-9-5-13-32-22)28-23(17-6-2-1-3-7-17)18-10-11-20-21(14-18)27-16-26-20/h1-3,5-7,9-11,13-14,16,19,23H,4,8,12,15H2,(H,26,27)(H,28,30)/t19-,23+/m1/s1. The Kier molecular flexibility index (Phi) is 5.73. The molecule has 0 radical (unpaired) electrons. The molecule has 1 saturated heterocycles. The molecular weight excluding hydrogens is 420 g/mol. The Bertz CT molecular complexity index is 1220. The van der Waals surface area contributed by atoms with Gasteiger partial charge in [-0.25, -0.2) is 4.98 Å². The molecule has 2 amide bonds. The highest BCUT2D eigenvalue weighted by atomic mass is 32.1. The minimum atomic E-state index is -0.278. The third-order valence-corrected chi connectivity index (χ3v) is 6.87. The summed E-state index contributed by atoms with van der Waals surface area (Å²) in [7, 11) is 0. The van der Waals surface area contributed by atoms with Crippen LogP contribution in [0.4, 0.5) is 0 Å². The number of aromatic nitrogens is 2. The summed E-state index contributed by atoms with van der Waals surface area (Å²) < 4.78 is 0. The molecule has 162 valence electrons. The molecule has 1 aliphatic rings. The quantitative estimate of drug-likeness (QED) is 0.479. The molecule has 0 bridgehead atoms. The Hall–Kier alpha value is -3.45. The molecule has 2 aromatic heterocycles. The predicted molar refractivity (Wildman–Crippen MR) is 125 cm³/mol. The average Bonchev–Trinajstić information content (AvgIpc) is 3.54. The second-order valence-electron chi connectivity index (χ2n) is 8.10. The Morgan fingerprint density at radius 2 is 1.97 bits per heavy atom. The van der Waals surface area contributed by atoms with E-state index in [2.05, 4.69) is 15.3 Å². The number of amides is 2. The van der Waals surface area contributed by atoms with Crippen LogP contribution in [0.1, 0.15) is 39.7 Å². The largest absolute Gasteiger partial charge is 0.345 e. The Labute approximate surface area is 190 Å². The molecule has 32 heavy (non-hydrogen) atoms. The van der Waals surface area contributed by atoms with Gasteiger partial charge in [-0.2, -0.15) is 0 Å². The SMILES string of the molecule is O=C(N[C@@H](c1ccccc1)c1ccc2nc[nH]c2c1)[C@@H]1CCCN(C(=O)c2cccs2)C1. The highest BCUT2D eigenvalue weighted by molar-refractivity contribution is 7.12. The number of piperidine rings is 1. The summed E-state index contributed by atoms with van der Waals surface area (Å²) in [6.45, 7) is 1.14. The van der Waals surface area contributed by atoms with Gasteiger partial charge in [-0.3, -0.25) is 9.59 Å². The fraction of sp³-hybridized carbons (Fsp3) is 0.240. The summed E-state index contributed by atoms with van der Waals surface area (Å²) in [6, 6.07) is 19.4. The molecule has 0 spiro atoms. The van der Waals surface area contributed by atoms with Crippen LogP contribution in [0.15, 0.2) is 72.4 Å². The summed E-state index contributed by atoms with van der Waals surface area (Å²) in [5.74, 6) is -0.233. The number of hydrogen-bond donors (Lipinski definition) is 2. The zero-order valence-corrected chi connectivity index (χ0v) is 18.3. The van der Waals surface area contributed by atoms with Crippen molar-refractivity contribution in [1.29, 1.82) is 0 Å². The van der Waals surface area contributed by atoms with E-state index in [0.717, 1.165) is 39.9 Å². The molecule has 1 fully saturated rings. The fourth-order valence-electron chi connectivity index (χ4n) is 4.33. The first-order valence-electron chi connectivity index (χ1n) is 10.8.